The second-order valence-corrected chi connectivity index (χ2v) is 4.96. The van der Waals surface area contributed by atoms with Crippen LogP contribution in [0.25, 0.3) is 0 Å². The van der Waals surface area contributed by atoms with Crippen LogP contribution < -0.4 is 0 Å². The molecule has 0 bridgehead atoms. The van der Waals surface area contributed by atoms with E-state index in [0.717, 1.165) is 0 Å². The number of carbonyl (C=O) groups is 1. The molecule has 0 spiro atoms. The van der Waals surface area contributed by atoms with Gasteiger partial charge < -0.3 is 5.11 Å². The third-order valence-electron chi connectivity index (χ3n) is 1.99. The van der Waals surface area contributed by atoms with Gasteiger partial charge in [0, 0.05) is 16.3 Å². The summed E-state index contributed by atoms with van der Waals surface area (Å²) in [7, 11) is 1.82. The molecule has 0 radical (unpaired) electrons. The van der Waals surface area contributed by atoms with Gasteiger partial charge in [0.25, 0.3) is 0 Å². The summed E-state index contributed by atoms with van der Waals surface area (Å²) in [6.07, 6.45) is 0. The Morgan fingerprint density at radius 1 is 1.57 bits per heavy atom. The van der Waals surface area contributed by atoms with Crippen LogP contribution in [0.15, 0.2) is 6.07 Å². The van der Waals surface area contributed by atoms with Gasteiger partial charge in [-0.25, -0.2) is 0 Å². The zero-order chi connectivity index (χ0) is 10.7. The van der Waals surface area contributed by atoms with Crippen molar-refractivity contribution < 1.29 is 9.90 Å². The highest BCUT2D eigenvalue weighted by Crippen LogP contribution is 2.21. The number of hydrogen-bond donors (Lipinski definition) is 1. The number of likely N-dealkylation sites (N-methyl/N-ethyl adjacent to an activating group) is 1. The van der Waals surface area contributed by atoms with Gasteiger partial charge in [0.1, 0.15) is 0 Å². The Morgan fingerprint density at radius 2 is 2.21 bits per heavy atom. The fourth-order valence-corrected chi connectivity index (χ4v) is 2.36. The molecule has 1 aromatic rings. The van der Waals surface area contributed by atoms with Crippen molar-refractivity contribution in [1.82, 2.24) is 4.90 Å². The lowest BCUT2D eigenvalue weighted by Crippen LogP contribution is -2.25. The Labute approximate surface area is 88.0 Å². The number of carboxylic acid groups (broad SMARTS) is 1. The van der Waals surface area contributed by atoms with Crippen LogP contribution in [0.3, 0.4) is 0 Å². The summed E-state index contributed by atoms with van der Waals surface area (Å²) in [6.45, 7) is 4.94. The summed E-state index contributed by atoms with van der Waals surface area (Å²) in [4.78, 5) is 14.8. The number of aryl methyl sites for hydroxylation is 2. The Balaban J connectivity index is 2.59. The smallest absolute Gasteiger partial charge is 0.317 e. The second-order valence-electron chi connectivity index (χ2n) is 3.50. The van der Waals surface area contributed by atoms with Crippen LogP contribution >= 0.6 is 11.3 Å². The van der Waals surface area contributed by atoms with E-state index in [4.69, 9.17) is 5.11 Å². The third-order valence-corrected chi connectivity index (χ3v) is 3.00. The maximum Gasteiger partial charge on any atom is 0.317 e. The van der Waals surface area contributed by atoms with E-state index in [-0.39, 0.29) is 6.54 Å². The fraction of sp³-hybridized carbons (Fsp3) is 0.500. The quantitative estimate of drug-likeness (QED) is 0.830. The summed E-state index contributed by atoms with van der Waals surface area (Å²) in [5, 5.41) is 8.60. The summed E-state index contributed by atoms with van der Waals surface area (Å²) in [5.74, 6) is -0.780. The van der Waals surface area contributed by atoms with Gasteiger partial charge in [-0.3, -0.25) is 9.69 Å². The number of nitrogens with zero attached hydrogens (tertiary/aromatic N) is 1. The van der Waals surface area contributed by atoms with Crippen LogP contribution in [0.2, 0.25) is 0 Å². The lowest BCUT2D eigenvalue weighted by atomic mass is 10.2. The van der Waals surface area contributed by atoms with Gasteiger partial charge in [-0.05, 0) is 32.5 Å². The van der Waals surface area contributed by atoms with Crippen molar-refractivity contribution in [2.45, 2.75) is 20.4 Å². The normalized spacial score (nSPS) is 10.9. The Hall–Kier alpha value is -0.870. The minimum atomic E-state index is -0.780. The predicted molar refractivity (Wildman–Crippen MR) is 57.8 cm³/mol. The third kappa shape index (κ3) is 3.12. The lowest BCUT2D eigenvalue weighted by molar-refractivity contribution is -0.138. The largest absolute Gasteiger partial charge is 0.480 e. The molecule has 3 nitrogen and oxygen atoms in total. The van der Waals surface area contributed by atoms with E-state index in [1.165, 1.54) is 15.3 Å². The van der Waals surface area contributed by atoms with Crippen molar-refractivity contribution in [1.29, 1.82) is 0 Å². The maximum absolute atomic E-state index is 10.5. The summed E-state index contributed by atoms with van der Waals surface area (Å²) in [6, 6.07) is 2.12. The van der Waals surface area contributed by atoms with Crippen LogP contribution in [0.4, 0.5) is 0 Å². The van der Waals surface area contributed by atoms with E-state index in [1.807, 2.05) is 7.05 Å². The van der Waals surface area contributed by atoms with Crippen molar-refractivity contribution >= 4 is 17.3 Å². The highest BCUT2D eigenvalue weighted by atomic mass is 32.1. The molecule has 1 heterocycles. The first-order valence-corrected chi connectivity index (χ1v) is 5.27. The second kappa shape index (κ2) is 4.57. The molecule has 1 aromatic heterocycles. The number of thiophene rings is 1. The Morgan fingerprint density at radius 3 is 2.64 bits per heavy atom. The van der Waals surface area contributed by atoms with E-state index in [1.54, 1.807) is 16.2 Å². The van der Waals surface area contributed by atoms with Crippen LogP contribution in [0, 0.1) is 13.8 Å². The van der Waals surface area contributed by atoms with E-state index < -0.39 is 5.97 Å². The van der Waals surface area contributed by atoms with Gasteiger partial charge in [-0.1, -0.05) is 0 Å². The van der Waals surface area contributed by atoms with Gasteiger partial charge in [0.05, 0.1) is 6.54 Å². The molecule has 1 N–H and O–H groups in total. The number of hydrogen-bond acceptors (Lipinski definition) is 3. The van der Waals surface area contributed by atoms with Crippen LogP contribution in [-0.2, 0) is 11.3 Å². The van der Waals surface area contributed by atoms with Crippen LogP contribution in [-0.4, -0.2) is 29.6 Å². The molecule has 78 valence electrons. The molecule has 1 rings (SSSR count). The monoisotopic (exact) mass is 213 g/mol. The van der Waals surface area contributed by atoms with Gasteiger partial charge >= 0.3 is 5.97 Å². The molecule has 0 saturated heterocycles. The molecular formula is C10H15NO2S. The van der Waals surface area contributed by atoms with Crippen LogP contribution in [0.5, 0.6) is 0 Å². The van der Waals surface area contributed by atoms with E-state index in [9.17, 15) is 4.79 Å². The predicted octanol–water partition coefficient (Wildman–Crippen LogP) is 1.88. The van der Waals surface area contributed by atoms with Gasteiger partial charge in [0.15, 0.2) is 0 Å². The van der Waals surface area contributed by atoms with Gasteiger partial charge in [-0.2, -0.15) is 0 Å². The molecule has 0 aliphatic heterocycles. The first kappa shape index (κ1) is 11.2. The molecule has 0 unspecified atom stereocenters. The highest BCUT2D eigenvalue weighted by molar-refractivity contribution is 7.12. The van der Waals surface area contributed by atoms with Crippen molar-refractivity contribution in [3.63, 3.8) is 0 Å². The molecule has 14 heavy (non-hydrogen) atoms. The van der Waals surface area contributed by atoms with E-state index in [2.05, 4.69) is 19.9 Å². The summed E-state index contributed by atoms with van der Waals surface area (Å²) in [5.41, 5.74) is 1.23. The molecule has 0 fully saturated rings. The van der Waals surface area contributed by atoms with Crippen molar-refractivity contribution in [3.8, 4) is 0 Å². The Bertz CT molecular complexity index is 333. The van der Waals surface area contributed by atoms with Crippen molar-refractivity contribution in [2.75, 3.05) is 13.6 Å². The average Bonchev–Trinajstić information content (AvgIpc) is 2.28. The fourth-order valence-electron chi connectivity index (χ4n) is 1.42. The first-order chi connectivity index (χ1) is 6.49. The molecule has 4 heteroatoms. The number of rotatable bonds is 4. The summed E-state index contributed by atoms with van der Waals surface area (Å²) < 4.78 is 0. The van der Waals surface area contributed by atoms with E-state index in [0.29, 0.717) is 6.54 Å². The number of aliphatic carboxylic acids is 1. The average molecular weight is 213 g/mol. The highest BCUT2D eigenvalue weighted by Gasteiger charge is 2.08. The van der Waals surface area contributed by atoms with Crippen LogP contribution in [0.1, 0.15) is 15.3 Å². The number of carboxylic acids is 1. The van der Waals surface area contributed by atoms with Gasteiger partial charge in [-0.15, -0.1) is 11.3 Å². The molecule has 0 aliphatic rings. The minimum Gasteiger partial charge on any atom is -0.480 e. The Kier molecular flexibility index (Phi) is 3.66. The molecule has 0 atom stereocenters. The topological polar surface area (TPSA) is 40.5 Å². The lowest BCUT2D eigenvalue weighted by Gasteiger charge is -2.13. The zero-order valence-corrected chi connectivity index (χ0v) is 9.52. The van der Waals surface area contributed by atoms with E-state index >= 15 is 0 Å². The molecule has 0 aliphatic carbocycles. The molecular weight excluding hydrogens is 198 g/mol. The molecule has 0 saturated carbocycles. The molecule has 0 aromatic carbocycles. The van der Waals surface area contributed by atoms with Crippen molar-refractivity contribution in [2.24, 2.45) is 0 Å². The maximum atomic E-state index is 10.5. The molecule has 0 amide bonds. The van der Waals surface area contributed by atoms with Crippen molar-refractivity contribution in [3.05, 3.63) is 21.4 Å². The van der Waals surface area contributed by atoms with Gasteiger partial charge in [0.2, 0.25) is 0 Å². The minimum absolute atomic E-state index is 0.0916. The summed E-state index contributed by atoms with van der Waals surface area (Å²) >= 11 is 1.76. The SMILES string of the molecule is Cc1cc(CN(C)CC(=O)O)c(C)s1. The first-order valence-electron chi connectivity index (χ1n) is 4.45. The standard InChI is InChI=1S/C10H15NO2S/c1-7-4-9(8(2)14-7)5-11(3)6-10(12)13/h4H,5-6H2,1-3H3,(H,12,13). The zero-order valence-electron chi connectivity index (χ0n) is 8.70.